The smallest absolute Gasteiger partial charge is 0.300 e. The van der Waals surface area contributed by atoms with E-state index in [0.717, 1.165) is 9.35 Å². The van der Waals surface area contributed by atoms with E-state index in [0.29, 0.717) is 11.4 Å². The van der Waals surface area contributed by atoms with Crippen LogP contribution in [0.2, 0.25) is 5.02 Å². The van der Waals surface area contributed by atoms with Crippen molar-refractivity contribution in [3.05, 3.63) is 79.4 Å². The zero-order valence-corrected chi connectivity index (χ0v) is 20.1. The molecule has 164 valence electrons. The molecule has 0 saturated carbocycles. The maximum atomic E-state index is 13.2. The zero-order valence-electron chi connectivity index (χ0n) is 17.0. The molecule has 1 aromatic heterocycles. The van der Waals surface area contributed by atoms with Gasteiger partial charge in [-0.3, -0.25) is 14.5 Å². The minimum Gasteiger partial charge on any atom is -0.507 e. The number of ether oxygens (including phenoxy) is 2. The number of rotatable bonds is 5. The number of hydrogen-bond donors (Lipinski definition) is 1. The summed E-state index contributed by atoms with van der Waals surface area (Å²) in [6.07, 6.45) is 0. The van der Waals surface area contributed by atoms with E-state index >= 15 is 0 Å². The Morgan fingerprint density at radius 2 is 1.84 bits per heavy atom. The molecule has 4 rings (SSSR count). The second-order valence-corrected chi connectivity index (χ2v) is 9.15. The number of amides is 1. The highest BCUT2D eigenvalue weighted by Gasteiger charge is 2.47. The number of anilines is 1. The van der Waals surface area contributed by atoms with Gasteiger partial charge in [0.2, 0.25) is 0 Å². The van der Waals surface area contributed by atoms with Crippen molar-refractivity contribution in [3.63, 3.8) is 0 Å². The van der Waals surface area contributed by atoms with Crippen LogP contribution in [0.4, 0.5) is 5.69 Å². The Balaban J connectivity index is 1.96. The first-order chi connectivity index (χ1) is 15.4. The molecule has 0 radical (unpaired) electrons. The summed E-state index contributed by atoms with van der Waals surface area (Å²) in [6.45, 7) is 0. The van der Waals surface area contributed by atoms with Crippen molar-refractivity contribution in [3.8, 4) is 11.5 Å². The molecule has 9 heteroatoms. The topological polar surface area (TPSA) is 76.1 Å². The maximum absolute atomic E-state index is 13.2. The largest absolute Gasteiger partial charge is 0.507 e. The fourth-order valence-electron chi connectivity index (χ4n) is 3.63. The van der Waals surface area contributed by atoms with E-state index in [4.69, 9.17) is 21.1 Å². The lowest BCUT2D eigenvalue weighted by Gasteiger charge is -2.24. The summed E-state index contributed by atoms with van der Waals surface area (Å²) in [6, 6.07) is 12.9. The number of aliphatic hydroxyl groups excluding tert-OH is 1. The van der Waals surface area contributed by atoms with Crippen LogP contribution in [0.3, 0.4) is 0 Å². The molecule has 6 nitrogen and oxygen atoms in total. The summed E-state index contributed by atoms with van der Waals surface area (Å²) >= 11 is 11.1. The Bertz CT molecular complexity index is 1240. The first-order valence-electron chi connectivity index (χ1n) is 9.39. The summed E-state index contributed by atoms with van der Waals surface area (Å²) < 4.78 is 11.4. The maximum Gasteiger partial charge on any atom is 0.300 e. The van der Waals surface area contributed by atoms with E-state index in [2.05, 4.69) is 15.9 Å². The Kier molecular flexibility index (Phi) is 6.28. The Morgan fingerprint density at radius 3 is 2.47 bits per heavy atom. The van der Waals surface area contributed by atoms with Gasteiger partial charge in [0.25, 0.3) is 11.7 Å². The van der Waals surface area contributed by atoms with Crippen LogP contribution in [0.25, 0.3) is 5.76 Å². The minimum atomic E-state index is -0.810. The van der Waals surface area contributed by atoms with Crippen molar-refractivity contribution in [2.45, 2.75) is 6.04 Å². The van der Waals surface area contributed by atoms with E-state index in [1.54, 1.807) is 18.2 Å². The van der Waals surface area contributed by atoms with E-state index in [9.17, 15) is 14.7 Å². The second-order valence-electron chi connectivity index (χ2n) is 6.85. The average Bonchev–Trinajstić information content (AvgIpc) is 3.40. The molecule has 0 bridgehead atoms. The number of carbonyl (C=O) groups excluding carboxylic acids is 2. The van der Waals surface area contributed by atoms with Gasteiger partial charge in [0.15, 0.2) is 0 Å². The van der Waals surface area contributed by atoms with Crippen LogP contribution in [0.15, 0.2) is 64.0 Å². The molecule has 2 heterocycles. The highest BCUT2D eigenvalue weighted by molar-refractivity contribution is 9.10. The van der Waals surface area contributed by atoms with Gasteiger partial charge in [-0.1, -0.05) is 39.7 Å². The zero-order chi connectivity index (χ0) is 23.0. The quantitative estimate of drug-likeness (QED) is 0.254. The highest BCUT2D eigenvalue weighted by atomic mass is 79.9. The van der Waals surface area contributed by atoms with Gasteiger partial charge in [0.1, 0.15) is 23.3 Å². The molecule has 1 aliphatic heterocycles. The summed E-state index contributed by atoms with van der Waals surface area (Å²) in [5, 5.41) is 13.4. The third-order valence-corrected chi connectivity index (χ3v) is 6.79. The SMILES string of the molecule is COc1cc(OC)c(/C(O)=C2/C(=O)C(=O)N(c3cccc(Br)c3)C2c2cccs2)cc1Cl. The third-order valence-electron chi connectivity index (χ3n) is 5.07. The van der Waals surface area contributed by atoms with Crippen LogP contribution >= 0.6 is 38.9 Å². The van der Waals surface area contributed by atoms with E-state index in [-0.39, 0.29) is 27.7 Å². The number of methoxy groups -OCH3 is 2. The predicted octanol–water partition coefficient (Wildman–Crippen LogP) is 5.81. The van der Waals surface area contributed by atoms with E-state index in [1.165, 1.54) is 42.6 Å². The van der Waals surface area contributed by atoms with Gasteiger partial charge >= 0.3 is 0 Å². The Morgan fingerprint density at radius 1 is 1.09 bits per heavy atom. The number of thiophene rings is 1. The lowest BCUT2D eigenvalue weighted by molar-refractivity contribution is -0.132. The molecule has 3 aromatic rings. The molecule has 1 fully saturated rings. The van der Waals surface area contributed by atoms with Crippen molar-refractivity contribution in [2.75, 3.05) is 19.1 Å². The molecule has 1 saturated heterocycles. The Hall–Kier alpha value is -2.81. The minimum absolute atomic E-state index is 0.0445. The van der Waals surface area contributed by atoms with Crippen molar-refractivity contribution in [1.82, 2.24) is 0 Å². The molecule has 2 aromatic carbocycles. The molecule has 1 atom stereocenters. The molecule has 0 spiro atoms. The van der Waals surface area contributed by atoms with Gasteiger partial charge < -0.3 is 14.6 Å². The number of aliphatic hydroxyl groups is 1. The molecule has 1 N–H and O–H groups in total. The highest BCUT2D eigenvalue weighted by Crippen LogP contribution is 2.45. The number of nitrogens with zero attached hydrogens (tertiary/aromatic N) is 1. The number of hydrogen-bond acceptors (Lipinski definition) is 6. The summed E-state index contributed by atoms with van der Waals surface area (Å²) in [5.41, 5.74) is 0.669. The van der Waals surface area contributed by atoms with Gasteiger partial charge in [0.05, 0.1) is 30.4 Å². The predicted molar refractivity (Wildman–Crippen MR) is 128 cm³/mol. The van der Waals surface area contributed by atoms with Gasteiger partial charge in [-0.15, -0.1) is 11.3 Å². The third kappa shape index (κ3) is 3.79. The van der Waals surface area contributed by atoms with E-state index < -0.39 is 17.7 Å². The van der Waals surface area contributed by atoms with Crippen LogP contribution in [0.5, 0.6) is 11.5 Å². The normalized spacial score (nSPS) is 17.6. The number of halogens is 2. The lowest BCUT2D eigenvalue weighted by Crippen LogP contribution is -2.29. The molecule has 1 amide bonds. The fourth-order valence-corrected chi connectivity index (χ4v) is 5.08. The summed E-state index contributed by atoms with van der Waals surface area (Å²) in [5.74, 6) is -1.30. The number of benzene rings is 2. The van der Waals surface area contributed by atoms with Gasteiger partial charge in [-0.2, -0.15) is 0 Å². The fraction of sp³-hybridized carbons (Fsp3) is 0.130. The molecule has 1 aliphatic rings. The van der Waals surface area contributed by atoms with Crippen molar-refractivity contribution < 1.29 is 24.2 Å². The monoisotopic (exact) mass is 533 g/mol. The van der Waals surface area contributed by atoms with Crippen LogP contribution in [0, 0.1) is 0 Å². The van der Waals surface area contributed by atoms with Crippen LogP contribution < -0.4 is 14.4 Å². The summed E-state index contributed by atoms with van der Waals surface area (Å²) in [4.78, 5) is 28.4. The number of Topliss-reactive ketones (excluding diaryl/α,β-unsaturated/α-hetero) is 1. The van der Waals surface area contributed by atoms with Gasteiger partial charge in [-0.25, -0.2) is 0 Å². The molecule has 0 aliphatic carbocycles. The van der Waals surface area contributed by atoms with Gasteiger partial charge in [-0.05, 0) is 35.7 Å². The van der Waals surface area contributed by atoms with Crippen LogP contribution in [-0.4, -0.2) is 31.0 Å². The Labute approximate surface area is 201 Å². The molecule has 1 unspecified atom stereocenters. The van der Waals surface area contributed by atoms with Gasteiger partial charge in [0, 0.05) is 21.1 Å². The number of ketones is 1. The summed E-state index contributed by atoms with van der Waals surface area (Å²) in [7, 11) is 2.89. The van der Waals surface area contributed by atoms with Crippen LogP contribution in [0.1, 0.15) is 16.5 Å². The molecular weight excluding hydrogens is 518 g/mol. The average molecular weight is 535 g/mol. The molecule has 32 heavy (non-hydrogen) atoms. The van der Waals surface area contributed by atoms with Crippen molar-refractivity contribution in [2.24, 2.45) is 0 Å². The second kappa shape index (κ2) is 8.97. The van der Waals surface area contributed by atoms with Crippen molar-refractivity contribution in [1.29, 1.82) is 0 Å². The van der Waals surface area contributed by atoms with Crippen molar-refractivity contribution >= 4 is 62.0 Å². The number of carbonyl (C=O) groups is 2. The molecular formula is C23H17BrClNO5S. The van der Waals surface area contributed by atoms with E-state index in [1.807, 2.05) is 23.6 Å². The first-order valence-corrected chi connectivity index (χ1v) is 11.4. The first kappa shape index (κ1) is 22.4. The standard InChI is InChI=1S/C23H17BrClNO5S/c1-30-16-11-17(31-2)15(25)10-14(16)21(27)19-20(18-7-4-8-32-18)26(23(29)22(19)28)13-6-3-5-12(24)9-13/h3-11,20,27H,1-2H3/b21-19-. The van der Waals surface area contributed by atoms with Crippen LogP contribution in [-0.2, 0) is 9.59 Å². The lowest BCUT2D eigenvalue weighted by atomic mass is 9.99.